The molecule has 1 N–H and O–H groups in total. The van der Waals surface area contributed by atoms with Crippen molar-refractivity contribution in [3.05, 3.63) is 29.8 Å². The van der Waals surface area contributed by atoms with Crippen molar-refractivity contribution in [2.45, 2.75) is 39.3 Å². The molecule has 1 aliphatic rings. The van der Waals surface area contributed by atoms with Gasteiger partial charge in [0.1, 0.15) is 5.75 Å². The van der Waals surface area contributed by atoms with Gasteiger partial charge in [-0.25, -0.2) is 4.79 Å². The van der Waals surface area contributed by atoms with Gasteiger partial charge in [-0.3, -0.25) is 0 Å². The first-order valence-electron chi connectivity index (χ1n) is 7.96. The van der Waals surface area contributed by atoms with Crippen LogP contribution in [0.1, 0.15) is 32.8 Å². The molecule has 1 aromatic rings. The van der Waals surface area contributed by atoms with Gasteiger partial charge in [-0.2, -0.15) is 0 Å². The van der Waals surface area contributed by atoms with Crippen molar-refractivity contribution in [1.82, 2.24) is 10.2 Å². The number of methoxy groups -OCH3 is 1. The highest BCUT2D eigenvalue weighted by molar-refractivity contribution is 6.01. The number of nitrogens with one attached hydrogen (secondary N) is 1. The van der Waals surface area contributed by atoms with Gasteiger partial charge in [-0.15, -0.1) is 0 Å². The first-order valence-corrected chi connectivity index (χ1v) is 7.96. The summed E-state index contributed by atoms with van der Waals surface area (Å²) in [5, 5.41) is 7.07. The number of carbonyl (C=O) groups is 1. The Hall–Kier alpha value is -2.24. The Morgan fingerprint density at radius 1 is 1.43 bits per heavy atom. The van der Waals surface area contributed by atoms with Gasteiger partial charge >= 0.3 is 6.03 Å². The number of nitrogens with zero attached hydrogens (tertiary/aromatic N) is 2. The van der Waals surface area contributed by atoms with Crippen LogP contribution in [-0.2, 0) is 4.84 Å². The molecule has 1 heterocycles. The van der Waals surface area contributed by atoms with Gasteiger partial charge in [-0.1, -0.05) is 5.16 Å². The first kappa shape index (κ1) is 17.1. The van der Waals surface area contributed by atoms with Gasteiger partial charge in [-0.05, 0) is 50.6 Å². The monoisotopic (exact) mass is 319 g/mol. The molecule has 0 bridgehead atoms. The van der Waals surface area contributed by atoms with Crippen molar-refractivity contribution in [3.8, 4) is 5.75 Å². The van der Waals surface area contributed by atoms with Crippen LogP contribution in [0.25, 0.3) is 0 Å². The lowest BCUT2D eigenvalue weighted by Crippen LogP contribution is -2.45. The van der Waals surface area contributed by atoms with Gasteiger partial charge in [0, 0.05) is 19.0 Å². The van der Waals surface area contributed by atoms with E-state index in [0.717, 1.165) is 17.0 Å². The second kappa shape index (κ2) is 7.85. The minimum atomic E-state index is -0.107. The minimum Gasteiger partial charge on any atom is -0.497 e. The summed E-state index contributed by atoms with van der Waals surface area (Å²) >= 11 is 0. The van der Waals surface area contributed by atoms with Crippen LogP contribution in [0.15, 0.2) is 29.4 Å². The lowest BCUT2D eigenvalue weighted by Gasteiger charge is -2.24. The third-order valence-corrected chi connectivity index (χ3v) is 3.66. The molecular weight excluding hydrogens is 294 g/mol. The summed E-state index contributed by atoms with van der Waals surface area (Å²) in [5.41, 5.74) is 1.92. The highest BCUT2D eigenvalue weighted by Gasteiger charge is 2.26. The molecule has 0 aromatic heterocycles. The van der Waals surface area contributed by atoms with Crippen LogP contribution in [0.2, 0.25) is 0 Å². The standard InChI is InChI=1S/C17H25N3O3/c1-5-20(17(21)18-12(2)3)11-15-10-16(19-23-15)13-6-8-14(22-4)9-7-13/h6-9,12,15H,5,10-11H2,1-4H3,(H,18,21)/t15-/m0/s1. The van der Waals surface area contributed by atoms with Gasteiger partial charge in [0.25, 0.3) is 0 Å². The van der Waals surface area contributed by atoms with Gasteiger partial charge in [0.2, 0.25) is 0 Å². The van der Waals surface area contributed by atoms with E-state index in [4.69, 9.17) is 9.57 Å². The van der Waals surface area contributed by atoms with Crippen LogP contribution in [0.5, 0.6) is 5.75 Å². The highest BCUT2D eigenvalue weighted by atomic mass is 16.6. The molecule has 6 nitrogen and oxygen atoms in total. The van der Waals surface area contributed by atoms with Crippen LogP contribution in [-0.4, -0.2) is 49.0 Å². The third-order valence-electron chi connectivity index (χ3n) is 3.66. The van der Waals surface area contributed by atoms with Crippen molar-refractivity contribution in [2.24, 2.45) is 5.16 Å². The molecule has 0 fully saturated rings. The van der Waals surface area contributed by atoms with Crippen LogP contribution >= 0.6 is 0 Å². The van der Waals surface area contributed by atoms with E-state index in [2.05, 4.69) is 10.5 Å². The van der Waals surface area contributed by atoms with Crippen molar-refractivity contribution in [3.63, 3.8) is 0 Å². The normalized spacial score (nSPS) is 16.7. The largest absolute Gasteiger partial charge is 0.497 e. The molecule has 23 heavy (non-hydrogen) atoms. The average Bonchev–Trinajstić information content (AvgIpc) is 3.00. The number of oxime groups is 1. The molecule has 126 valence electrons. The van der Waals surface area contributed by atoms with E-state index in [1.165, 1.54) is 0 Å². The van der Waals surface area contributed by atoms with Gasteiger partial charge < -0.3 is 19.8 Å². The topological polar surface area (TPSA) is 63.2 Å². The average molecular weight is 319 g/mol. The first-order chi connectivity index (χ1) is 11.0. The minimum absolute atomic E-state index is 0.0657. The second-order valence-electron chi connectivity index (χ2n) is 5.84. The van der Waals surface area contributed by atoms with Crippen molar-refractivity contribution < 1.29 is 14.4 Å². The van der Waals surface area contributed by atoms with Crippen molar-refractivity contribution >= 4 is 11.7 Å². The maximum absolute atomic E-state index is 12.1. The fraction of sp³-hybridized carbons (Fsp3) is 0.529. The van der Waals surface area contributed by atoms with E-state index >= 15 is 0 Å². The maximum Gasteiger partial charge on any atom is 0.317 e. The number of benzene rings is 1. The molecule has 0 unspecified atom stereocenters. The zero-order valence-corrected chi connectivity index (χ0v) is 14.2. The molecule has 6 heteroatoms. The maximum atomic E-state index is 12.1. The van der Waals surface area contributed by atoms with Gasteiger partial charge in [0.15, 0.2) is 6.10 Å². The fourth-order valence-corrected chi connectivity index (χ4v) is 2.42. The summed E-state index contributed by atoms with van der Waals surface area (Å²) in [6.45, 7) is 7.01. The zero-order valence-electron chi connectivity index (χ0n) is 14.2. The Morgan fingerprint density at radius 2 is 2.13 bits per heavy atom. The second-order valence-corrected chi connectivity index (χ2v) is 5.84. The summed E-state index contributed by atoms with van der Waals surface area (Å²) in [5.74, 6) is 0.812. The van der Waals surface area contributed by atoms with E-state index in [1.807, 2.05) is 45.0 Å². The van der Waals surface area contributed by atoms with Crippen molar-refractivity contribution in [2.75, 3.05) is 20.2 Å². The van der Waals surface area contributed by atoms with Crippen LogP contribution in [0.3, 0.4) is 0 Å². The predicted molar refractivity (Wildman–Crippen MR) is 89.9 cm³/mol. The molecule has 1 atom stereocenters. The lowest BCUT2D eigenvalue weighted by molar-refractivity contribution is 0.0614. The molecule has 0 spiro atoms. The number of urea groups is 1. The van der Waals surface area contributed by atoms with Crippen LogP contribution < -0.4 is 10.1 Å². The molecule has 1 aliphatic heterocycles. The molecule has 0 saturated heterocycles. The van der Waals surface area contributed by atoms with E-state index < -0.39 is 0 Å². The quantitative estimate of drug-likeness (QED) is 0.876. The number of ether oxygens (including phenoxy) is 1. The number of hydrogen-bond acceptors (Lipinski definition) is 4. The Balaban J connectivity index is 1.91. The molecule has 2 rings (SSSR count). The van der Waals surface area contributed by atoms with Gasteiger partial charge in [0.05, 0.1) is 19.4 Å². The number of amides is 2. The van der Waals surface area contributed by atoms with E-state index in [0.29, 0.717) is 19.5 Å². The lowest BCUT2D eigenvalue weighted by atomic mass is 10.0. The SMILES string of the molecule is CCN(C[C@@H]1CC(c2ccc(OC)cc2)=NO1)C(=O)NC(C)C. The summed E-state index contributed by atoms with van der Waals surface area (Å²) < 4.78 is 5.16. The fourth-order valence-electron chi connectivity index (χ4n) is 2.42. The molecule has 1 aromatic carbocycles. The smallest absolute Gasteiger partial charge is 0.317 e. The summed E-state index contributed by atoms with van der Waals surface area (Å²) in [4.78, 5) is 19.3. The molecule has 0 saturated carbocycles. The summed E-state index contributed by atoms with van der Waals surface area (Å²) in [6, 6.07) is 7.79. The zero-order chi connectivity index (χ0) is 16.8. The highest BCUT2D eigenvalue weighted by Crippen LogP contribution is 2.20. The third kappa shape index (κ3) is 4.61. The molecular formula is C17H25N3O3. The Kier molecular flexibility index (Phi) is 5.84. The number of hydrogen-bond donors (Lipinski definition) is 1. The number of rotatable bonds is 6. The van der Waals surface area contributed by atoms with E-state index in [-0.39, 0.29) is 18.2 Å². The van der Waals surface area contributed by atoms with Crippen LogP contribution in [0.4, 0.5) is 4.79 Å². The van der Waals surface area contributed by atoms with Crippen LogP contribution in [0, 0.1) is 0 Å². The molecule has 0 aliphatic carbocycles. The number of likely N-dealkylation sites (N-methyl/N-ethyl adjacent to an activating group) is 1. The number of carbonyl (C=O) groups excluding carboxylic acids is 1. The Morgan fingerprint density at radius 3 is 2.70 bits per heavy atom. The van der Waals surface area contributed by atoms with E-state index in [9.17, 15) is 4.79 Å². The predicted octanol–water partition coefficient (Wildman–Crippen LogP) is 2.63. The van der Waals surface area contributed by atoms with E-state index in [1.54, 1.807) is 12.0 Å². The Bertz CT molecular complexity index is 555. The van der Waals surface area contributed by atoms with Crippen molar-refractivity contribution in [1.29, 1.82) is 0 Å². The molecule has 0 radical (unpaired) electrons. The summed E-state index contributed by atoms with van der Waals surface area (Å²) in [6.07, 6.45) is 0.586. The molecule has 2 amide bonds. The Labute approximate surface area is 137 Å². The summed E-state index contributed by atoms with van der Waals surface area (Å²) in [7, 11) is 1.64.